The Balaban J connectivity index is 1.55. The highest BCUT2D eigenvalue weighted by atomic mass is 19.3. The number of aromatic amines is 1. The zero-order chi connectivity index (χ0) is 18.8. The first-order chi connectivity index (χ1) is 13.1. The van der Waals surface area contributed by atoms with Gasteiger partial charge in [-0.05, 0) is 6.92 Å². The molecule has 0 bridgehead atoms. The quantitative estimate of drug-likeness (QED) is 0.666. The normalized spacial score (nSPS) is 18.7. The predicted molar refractivity (Wildman–Crippen MR) is 89.1 cm³/mol. The second-order valence-corrected chi connectivity index (χ2v) is 5.90. The highest BCUT2D eigenvalue weighted by Crippen LogP contribution is 2.23. The lowest BCUT2D eigenvalue weighted by Gasteiger charge is -2.28. The number of rotatable bonds is 6. The van der Waals surface area contributed by atoms with Gasteiger partial charge in [0.05, 0.1) is 38.3 Å². The van der Waals surface area contributed by atoms with Gasteiger partial charge in [0.25, 0.3) is 0 Å². The number of nitrogens with one attached hydrogen (secondary N) is 2. The lowest BCUT2D eigenvalue weighted by Crippen LogP contribution is -2.35. The molecule has 10 nitrogen and oxygen atoms in total. The zero-order valence-corrected chi connectivity index (χ0v) is 14.3. The topological polar surface area (TPSA) is 112 Å². The van der Waals surface area contributed by atoms with Gasteiger partial charge in [-0.25, -0.2) is 14.6 Å². The molecular formula is C15H17F2N7O3. The van der Waals surface area contributed by atoms with Crippen LogP contribution in [0.2, 0.25) is 0 Å². The number of hydrogen-bond acceptors (Lipinski definition) is 8. The average molecular weight is 381 g/mol. The first-order valence-corrected chi connectivity index (χ1v) is 8.27. The molecular weight excluding hydrogens is 364 g/mol. The maximum absolute atomic E-state index is 12.2. The number of fused-ring (bicyclic) bond motifs is 1. The Labute approximate surface area is 151 Å². The summed E-state index contributed by atoms with van der Waals surface area (Å²) in [5.74, 6) is 0.501. The summed E-state index contributed by atoms with van der Waals surface area (Å²) in [6.45, 7) is 0.623. The van der Waals surface area contributed by atoms with Gasteiger partial charge in [-0.3, -0.25) is 5.10 Å². The summed E-state index contributed by atoms with van der Waals surface area (Å²) in [6, 6.07) is 1.19. The van der Waals surface area contributed by atoms with E-state index in [0.717, 1.165) is 0 Å². The zero-order valence-electron chi connectivity index (χ0n) is 14.3. The van der Waals surface area contributed by atoms with E-state index in [0.29, 0.717) is 42.6 Å². The molecule has 3 aromatic rings. The maximum atomic E-state index is 12.2. The van der Waals surface area contributed by atoms with Crippen LogP contribution in [-0.4, -0.2) is 62.5 Å². The molecule has 0 unspecified atom stereocenters. The number of aromatic nitrogens is 6. The number of hydrogen-bond donors (Lipinski definition) is 2. The number of nitrogens with zero attached hydrogens (tertiary/aromatic N) is 5. The van der Waals surface area contributed by atoms with Gasteiger partial charge in [-0.1, -0.05) is 0 Å². The molecule has 0 saturated carbocycles. The monoisotopic (exact) mass is 381 g/mol. The molecule has 0 aromatic carbocycles. The van der Waals surface area contributed by atoms with E-state index in [1.54, 1.807) is 10.9 Å². The van der Waals surface area contributed by atoms with Crippen LogP contribution in [0, 0.1) is 0 Å². The lowest BCUT2D eigenvalue weighted by molar-refractivity contribution is -0.106. The molecule has 1 fully saturated rings. The Morgan fingerprint density at radius 3 is 3.04 bits per heavy atom. The number of alkyl halides is 2. The standard InChI is InChI=1S/C15H17F2N7O3/c1-8(10-7-25-2-3-26-10)24-14-9(5-19-24)18-6-12(21-14)20-11-4-13(23-22-11)27-15(16)17/h4-6,8,10,15H,2-3,7H2,1H3,(H2,20,21,22,23)/t8-,10+/m0/s1. The fourth-order valence-electron chi connectivity index (χ4n) is 2.78. The van der Waals surface area contributed by atoms with E-state index in [9.17, 15) is 8.78 Å². The van der Waals surface area contributed by atoms with Crippen molar-refractivity contribution in [2.45, 2.75) is 25.7 Å². The highest BCUT2D eigenvalue weighted by molar-refractivity contribution is 5.72. The van der Waals surface area contributed by atoms with E-state index in [1.165, 1.54) is 12.3 Å². The summed E-state index contributed by atoms with van der Waals surface area (Å²) in [5, 5.41) is 13.4. The van der Waals surface area contributed by atoms with Crippen molar-refractivity contribution in [2.24, 2.45) is 0 Å². The number of H-pyrrole nitrogens is 1. The SMILES string of the molecule is C[C@@H]([C@H]1COCCO1)n1ncc2ncc(Nc3cc(OC(F)F)n[nH]3)nc21. The molecule has 2 N–H and O–H groups in total. The molecule has 4 heterocycles. The van der Waals surface area contributed by atoms with Crippen molar-refractivity contribution in [3.8, 4) is 5.88 Å². The average Bonchev–Trinajstić information content (AvgIpc) is 3.28. The minimum absolute atomic E-state index is 0.106. The van der Waals surface area contributed by atoms with Crippen molar-refractivity contribution in [2.75, 3.05) is 25.1 Å². The minimum Gasteiger partial charge on any atom is -0.415 e. The van der Waals surface area contributed by atoms with Crippen LogP contribution in [0.5, 0.6) is 5.88 Å². The number of anilines is 2. The molecule has 3 aromatic heterocycles. The Bertz CT molecular complexity index is 910. The third kappa shape index (κ3) is 3.80. The second-order valence-electron chi connectivity index (χ2n) is 5.90. The van der Waals surface area contributed by atoms with Crippen molar-refractivity contribution >= 4 is 22.8 Å². The van der Waals surface area contributed by atoms with Crippen molar-refractivity contribution in [3.63, 3.8) is 0 Å². The molecule has 0 radical (unpaired) electrons. The van der Waals surface area contributed by atoms with Crippen molar-refractivity contribution in [3.05, 3.63) is 18.5 Å². The fraction of sp³-hybridized carbons (Fsp3) is 0.467. The first kappa shape index (κ1) is 17.5. The molecule has 27 heavy (non-hydrogen) atoms. The summed E-state index contributed by atoms with van der Waals surface area (Å²) in [5.41, 5.74) is 1.18. The molecule has 144 valence electrons. The van der Waals surface area contributed by atoms with Gasteiger partial charge in [0.1, 0.15) is 17.4 Å². The van der Waals surface area contributed by atoms with Crippen LogP contribution < -0.4 is 10.1 Å². The summed E-state index contributed by atoms with van der Waals surface area (Å²) in [7, 11) is 0. The third-order valence-electron chi connectivity index (χ3n) is 4.10. The van der Waals surface area contributed by atoms with Crippen LogP contribution in [0.1, 0.15) is 13.0 Å². The van der Waals surface area contributed by atoms with Crippen LogP contribution >= 0.6 is 0 Å². The Morgan fingerprint density at radius 2 is 2.26 bits per heavy atom. The molecule has 0 spiro atoms. The van der Waals surface area contributed by atoms with Crippen LogP contribution in [0.15, 0.2) is 18.5 Å². The van der Waals surface area contributed by atoms with Crippen molar-refractivity contribution < 1.29 is 23.0 Å². The van der Waals surface area contributed by atoms with Gasteiger partial charge in [-0.2, -0.15) is 13.9 Å². The Hall–Kier alpha value is -2.86. The van der Waals surface area contributed by atoms with Crippen LogP contribution in [0.4, 0.5) is 20.4 Å². The predicted octanol–water partition coefficient (Wildman–Crippen LogP) is 1.87. The Morgan fingerprint density at radius 1 is 1.37 bits per heavy atom. The Kier molecular flexibility index (Phi) is 4.81. The smallest absolute Gasteiger partial charge is 0.388 e. The maximum Gasteiger partial charge on any atom is 0.388 e. The van der Waals surface area contributed by atoms with E-state index in [-0.39, 0.29) is 18.0 Å². The highest BCUT2D eigenvalue weighted by Gasteiger charge is 2.25. The molecule has 0 amide bonds. The summed E-state index contributed by atoms with van der Waals surface area (Å²) >= 11 is 0. The van der Waals surface area contributed by atoms with E-state index in [1.807, 2.05) is 6.92 Å². The van der Waals surface area contributed by atoms with Gasteiger partial charge in [-0.15, -0.1) is 5.10 Å². The van der Waals surface area contributed by atoms with Crippen molar-refractivity contribution in [1.82, 2.24) is 29.9 Å². The van der Waals surface area contributed by atoms with Gasteiger partial charge in [0, 0.05) is 6.07 Å². The van der Waals surface area contributed by atoms with Gasteiger partial charge in [0.2, 0.25) is 5.88 Å². The van der Waals surface area contributed by atoms with E-state index in [2.05, 4.69) is 35.3 Å². The third-order valence-corrected chi connectivity index (χ3v) is 4.10. The molecule has 12 heteroatoms. The van der Waals surface area contributed by atoms with E-state index < -0.39 is 6.61 Å². The number of ether oxygens (including phenoxy) is 3. The lowest BCUT2D eigenvalue weighted by atomic mass is 10.2. The molecule has 1 aliphatic heterocycles. The largest absolute Gasteiger partial charge is 0.415 e. The molecule has 2 atom stereocenters. The molecule has 0 aliphatic carbocycles. The molecule has 1 saturated heterocycles. The van der Waals surface area contributed by atoms with Gasteiger partial charge >= 0.3 is 6.61 Å². The summed E-state index contributed by atoms with van der Waals surface area (Å²) < 4.78 is 41.6. The van der Waals surface area contributed by atoms with Crippen LogP contribution in [-0.2, 0) is 9.47 Å². The second kappa shape index (κ2) is 7.40. The minimum atomic E-state index is -2.95. The van der Waals surface area contributed by atoms with E-state index >= 15 is 0 Å². The summed E-state index contributed by atoms with van der Waals surface area (Å²) in [6.07, 6.45) is 2.99. The fourth-order valence-corrected chi connectivity index (χ4v) is 2.78. The van der Waals surface area contributed by atoms with Crippen LogP contribution in [0.25, 0.3) is 11.2 Å². The van der Waals surface area contributed by atoms with Crippen molar-refractivity contribution in [1.29, 1.82) is 0 Å². The van der Waals surface area contributed by atoms with Gasteiger partial charge < -0.3 is 19.5 Å². The molecule has 4 rings (SSSR count). The van der Waals surface area contributed by atoms with E-state index in [4.69, 9.17) is 9.47 Å². The molecule has 1 aliphatic rings. The van der Waals surface area contributed by atoms with Gasteiger partial charge in [0.15, 0.2) is 11.5 Å². The first-order valence-electron chi connectivity index (χ1n) is 8.27. The summed E-state index contributed by atoms with van der Waals surface area (Å²) in [4.78, 5) is 8.83. The number of halogens is 2. The van der Waals surface area contributed by atoms with Crippen LogP contribution in [0.3, 0.4) is 0 Å².